The van der Waals surface area contributed by atoms with Gasteiger partial charge in [-0.15, -0.1) is 0 Å². The molecule has 0 spiro atoms. The Hall–Kier alpha value is -1.22. The molecule has 0 aliphatic rings. The first-order valence-corrected chi connectivity index (χ1v) is 3.98. The molecule has 4 heteroatoms. The molecule has 13 heavy (non-hydrogen) atoms. The van der Waals surface area contributed by atoms with E-state index in [1.807, 2.05) is 0 Å². The smallest absolute Gasteiger partial charge is 0.339 e. The fourth-order valence-electron chi connectivity index (χ4n) is 0.898. The average molecular weight is 201 g/mol. The summed E-state index contributed by atoms with van der Waals surface area (Å²) in [6, 6.07) is 4.78. The predicted molar refractivity (Wildman–Crippen MR) is 49.3 cm³/mol. The number of carbonyl (C=O) groups excluding carboxylic acids is 1. The number of hydrogen-bond acceptors (Lipinski definition) is 3. The lowest BCUT2D eigenvalue weighted by molar-refractivity contribution is 0.0601. The first-order chi connectivity index (χ1) is 6.19. The zero-order valence-electron chi connectivity index (χ0n) is 7.33. The van der Waals surface area contributed by atoms with Gasteiger partial charge in [0.2, 0.25) is 0 Å². The number of rotatable bonds is 2. The molecule has 0 saturated carbocycles. The van der Waals surface area contributed by atoms with Gasteiger partial charge in [0.1, 0.15) is 5.75 Å². The molecule has 0 amide bonds. The Morgan fingerprint density at radius 2 is 2.08 bits per heavy atom. The van der Waals surface area contributed by atoms with Gasteiger partial charge < -0.3 is 9.47 Å². The van der Waals surface area contributed by atoms with Gasteiger partial charge in [-0.25, -0.2) is 4.79 Å². The van der Waals surface area contributed by atoms with E-state index in [9.17, 15) is 4.79 Å². The quantitative estimate of drug-likeness (QED) is 0.687. The minimum Gasteiger partial charge on any atom is -0.497 e. The lowest BCUT2D eigenvalue weighted by atomic mass is 10.2. The summed E-state index contributed by atoms with van der Waals surface area (Å²) in [5.74, 6) is 0.158. The Labute approximate surface area is 81.2 Å². The van der Waals surface area contributed by atoms with Crippen LogP contribution in [0.25, 0.3) is 0 Å². The topological polar surface area (TPSA) is 35.5 Å². The second kappa shape index (κ2) is 4.14. The van der Waals surface area contributed by atoms with Gasteiger partial charge in [-0.2, -0.15) is 0 Å². The van der Waals surface area contributed by atoms with Crippen LogP contribution in [0.15, 0.2) is 18.2 Å². The van der Waals surface area contributed by atoms with E-state index < -0.39 is 5.97 Å². The van der Waals surface area contributed by atoms with Crippen LogP contribution < -0.4 is 4.74 Å². The molecule has 0 aromatic heterocycles. The Bertz CT molecular complexity index is 323. The van der Waals surface area contributed by atoms with E-state index in [0.29, 0.717) is 16.3 Å². The Kier molecular flexibility index (Phi) is 3.14. The van der Waals surface area contributed by atoms with Crippen molar-refractivity contribution in [1.29, 1.82) is 0 Å². The van der Waals surface area contributed by atoms with Crippen LogP contribution >= 0.6 is 11.6 Å². The van der Waals surface area contributed by atoms with Crippen LogP contribution in [0.5, 0.6) is 5.75 Å². The van der Waals surface area contributed by atoms with Gasteiger partial charge in [0, 0.05) is 0 Å². The molecular weight excluding hydrogens is 192 g/mol. The highest BCUT2D eigenvalue weighted by molar-refractivity contribution is 6.33. The zero-order valence-corrected chi connectivity index (χ0v) is 8.09. The highest BCUT2D eigenvalue weighted by atomic mass is 35.5. The molecule has 0 bridgehead atoms. The van der Waals surface area contributed by atoms with Gasteiger partial charge >= 0.3 is 5.97 Å². The molecule has 0 heterocycles. The highest BCUT2D eigenvalue weighted by Gasteiger charge is 2.10. The second-order valence-electron chi connectivity index (χ2n) is 2.34. The summed E-state index contributed by atoms with van der Waals surface area (Å²) in [5, 5.41) is 0.325. The van der Waals surface area contributed by atoms with E-state index in [1.165, 1.54) is 14.2 Å². The predicted octanol–water partition coefficient (Wildman–Crippen LogP) is 2.14. The minimum atomic E-state index is -0.451. The van der Waals surface area contributed by atoms with Gasteiger partial charge in [-0.3, -0.25) is 0 Å². The van der Waals surface area contributed by atoms with Gasteiger partial charge in [-0.05, 0) is 18.2 Å². The van der Waals surface area contributed by atoms with Crippen molar-refractivity contribution in [1.82, 2.24) is 0 Å². The number of hydrogen-bond donors (Lipinski definition) is 0. The molecule has 0 aliphatic heterocycles. The summed E-state index contributed by atoms with van der Waals surface area (Å²) >= 11 is 5.80. The van der Waals surface area contributed by atoms with Crippen LogP contribution in [0.2, 0.25) is 5.02 Å². The molecule has 0 unspecified atom stereocenters. The first-order valence-electron chi connectivity index (χ1n) is 3.61. The largest absolute Gasteiger partial charge is 0.497 e. The molecule has 3 nitrogen and oxygen atoms in total. The lowest BCUT2D eigenvalue weighted by Gasteiger charge is -2.04. The number of halogens is 1. The lowest BCUT2D eigenvalue weighted by Crippen LogP contribution is -2.01. The van der Waals surface area contributed by atoms with E-state index >= 15 is 0 Å². The maximum Gasteiger partial charge on any atom is 0.339 e. The standard InChI is InChI=1S/C9H9ClO3/c1-12-6-3-4-7(8(10)5-6)9(11)13-2/h3-5H,1-2H3. The maximum atomic E-state index is 11.1. The number of methoxy groups -OCH3 is 2. The van der Waals surface area contributed by atoms with E-state index in [-0.39, 0.29) is 0 Å². The highest BCUT2D eigenvalue weighted by Crippen LogP contribution is 2.22. The summed E-state index contributed by atoms with van der Waals surface area (Å²) < 4.78 is 9.45. The van der Waals surface area contributed by atoms with E-state index in [4.69, 9.17) is 16.3 Å². The van der Waals surface area contributed by atoms with Gasteiger partial charge in [-0.1, -0.05) is 11.6 Å². The van der Waals surface area contributed by atoms with E-state index in [0.717, 1.165) is 0 Å². The van der Waals surface area contributed by atoms with Crippen molar-refractivity contribution < 1.29 is 14.3 Å². The van der Waals surface area contributed by atoms with Gasteiger partial charge in [0.15, 0.2) is 0 Å². The fraction of sp³-hybridized carbons (Fsp3) is 0.222. The fourth-order valence-corrected chi connectivity index (χ4v) is 1.15. The summed E-state index contributed by atoms with van der Waals surface area (Å²) in [6.07, 6.45) is 0. The molecule has 1 aromatic carbocycles. The number of benzene rings is 1. The summed E-state index contributed by atoms with van der Waals surface area (Å²) in [7, 11) is 2.84. The number of carbonyl (C=O) groups is 1. The van der Waals surface area contributed by atoms with Crippen molar-refractivity contribution in [3.63, 3.8) is 0 Å². The van der Waals surface area contributed by atoms with Crippen LogP contribution in [0.3, 0.4) is 0 Å². The Balaban J connectivity index is 3.05. The van der Waals surface area contributed by atoms with E-state index in [1.54, 1.807) is 18.2 Å². The Morgan fingerprint density at radius 3 is 2.54 bits per heavy atom. The maximum absolute atomic E-state index is 11.1. The normalized spacial score (nSPS) is 9.46. The molecule has 0 aliphatic carbocycles. The third-order valence-corrected chi connectivity index (χ3v) is 1.89. The summed E-state index contributed by atoms with van der Waals surface area (Å²) in [4.78, 5) is 11.1. The molecule has 0 saturated heterocycles. The molecule has 1 rings (SSSR count). The molecule has 0 radical (unpaired) electrons. The SMILES string of the molecule is COC(=O)c1ccc(OC)cc1Cl. The van der Waals surface area contributed by atoms with Gasteiger partial charge in [0.05, 0.1) is 24.8 Å². The second-order valence-corrected chi connectivity index (χ2v) is 2.74. The summed E-state index contributed by atoms with van der Waals surface area (Å²) in [5.41, 5.74) is 0.338. The van der Waals surface area contributed by atoms with Crippen LogP contribution in [0, 0.1) is 0 Å². The third-order valence-electron chi connectivity index (χ3n) is 1.58. The van der Waals surface area contributed by atoms with Crippen molar-refractivity contribution in [3.8, 4) is 5.75 Å². The monoisotopic (exact) mass is 200 g/mol. The van der Waals surface area contributed by atoms with Crippen molar-refractivity contribution in [3.05, 3.63) is 28.8 Å². The third kappa shape index (κ3) is 2.12. The molecule has 0 N–H and O–H groups in total. The molecular formula is C9H9ClO3. The Morgan fingerprint density at radius 1 is 1.38 bits per heavy atom. The van der Waals surface area contributed by atoms with E-state index in [2.05, 4.69) is 4.74 Å². The zero-order chi connectivity index (χ0) is 9.84. The summed E-state index contributed by atoms with van der Waals surface area (Å²) in [6.45, 7) is 0. The molecule has 0 fully saturated rings. The number of ether oxygens (including phenoxy) is 2. The van der Waals surface area contributed by atoms with Crippen LogP contribution in [0.4, 0.5) is 0 Å². The van der Waals surface area contributed by atoms with Crippen molar-refractivity contribution >= 4 is 17.6 Å². The first kappa shape index (κ1) is 9.86. The van der Waals surface area contributed by atoms with Gasteiger partial charge in [0.25, 0.3) is 0 Å². The van der Waals surface area contributed by atoms with Crippen molar-refractivity contribution in [2.45, 2.75) is 0 Å². The van der Waals surface area contributed by atoms with Crippen molar-refractivity contribution in [2.24, 2.45) is 0 Å². The molecule has 1 aromatic rings. The minimum absolute atomic E-state index is 0.325. The van der Waals surface area contributed by atoms with Crippen LogP contribution in [0.1, 0.15) is 10.4 Å². The van der Waals surface area contributed by atoms with Crippen LogP contribution in [-0.2, 0) is 4.74 Å². The van der Waals surface area contributed by atoms with Crippen LogP contribution in [-0.4, -0.2) is 20.2 Å². The number of esters is 1. The molecule has 0 atom stereocenters. The average Bonchev–Trinajstić information content (AvgIpc) is 2.16. The van der Waals surface area contributed by atoms with Crippen molar-refractivity contribution in [2.75, 3.05) is 14.2 Å². The molecule has 70 valence electrons.